The highest BCUT2D eigenvalue weighted by Crippen LogP contribution is 2.33. The number of hydrogen-bond acceptors (Lipinski definition) is 7. The van der Waals surface area contributed by atoms with Crippen LogP contribution in [-0.2, 0) is 19.9 Å². The zero-order chi connectivity index (χ0) is 22.9. The third-order valence-electron chi connectivity index (χ3n) is 5.27. The number of benzene rings is 1. The largest absolute Gasteiger partial charge is 0.497 e. The van der Waals surface area contributed by atoms with Crippen molar-refractivity contribution >= 4 is 40.2 Å². The summed E-state index contributed by atoms with van der Waals surface area (Å²) in [6.07, 6.45) is 0. The minimum absolute atomic E-state index is 0.263. The quantitative estimate of drug-likeness (QED) is 0.522. The fourth-order valence-corrected chi connectivity index (χ4v) is 4.40. The number of nitrogens with one attached hydrogen (secondary N) is 2. The van der Waals surface area contributed by atoms with Crippen molar-refractivity contribution in [1.29, 1.82) is 0 Å². The summed E-state index contributed by atoms with van der Waals surface area (Å²) in [4.78, 5) is 51.9. The second-order valence-corrected chi connectivity index (χ2v) is 8.43. The van der Waals surface area contributed by atoms with Gasteiger partial charge in [-0.2, -0.15) is 0 Å². The molecule has 164 valence electrons. The van der Waals surface area contributed by atoms with Crippen LogP contribution in [0.3, 0.4) is 0 Å². The first-order valence-electron chi connectivity index (χ1n) is 9.39. The van der Waals surface area contributed by atoms with Crippen LogP contribution in [0.25, 0.3) is 0 Å². The Balaban J connectivity index is 1.78. The molecule has 1 aromatic carbocycles. The lowest BCUT2D eigenvalue weighted by Crippen LogP contribution is -2.42. The number of amides is 4. The summed E-state index contributed by atoms with van der Waals surface area (Å²) in [6, 6.07) is 6.06. The molecule has 9 nitrogen and oxygen atoms in total. The molecule has 1 atom stereocenters. The van der Waals surface area contributed by atoms with Crippen molar-refractivity contribution in [2.24, 2.45) is 0 Å². The maximum atomic E-state index is 13.0. The zero-order valence-electron chi connectivity index (χ0n) is 17.8. The molecule has 2 N–H and O–H groups in total. The number of carbonyl (C=O) groups is 4. The number of urea groups is 1. The van der Waals surface area contributed by atoms with Crippen molar-refractivity contribution < 1.29 is 28.7 Å². The van der Waals surface area contributed by atoms with Crippen LogP contribution < -0.4 is 15.4 Å². The van der Waals surface area contributed by atoms with Crippen molar-refractivity contribution in [3.8, 4) is 5.75 Å². The van der Waals surface area contributed by atoms with E-state index in [1.165, 1.54) is 25.6 Å². The van der Waals surface area contributed by atoms with Crippen LogP contribution in [0.4, 0.5) is 9.80 Å². The molecule has 1 aliphatic heterocycles. The molecular formula is C21H23N3O6S. The topological polar surface area (TPSA) is 114 Å². The Bertz CT molecular complexity index is 1060. The van der Waals surface area contributed by atoms with Crippen molar-refractivity contribution in [3.05, 3.63) is 45.8 Å². The van der Waals surface area contributed by atoms with Gasteiger partial charge < -0.3 is 20.1 Å². The first-order valence-corrected chi connectivity index (χ1v) is 10.2. The molecule has 4 amide bonds. The highest BCUT2D eigenvalue weighted by atomic mass is 32.1. The molecule has 0 radical (unpaired) electrons. The number of imide groups is 1. The molecule has 2 heterocycles. The molecule has 10 heteroatoms. The van der Waals surface area contributed by atoms with Gasteiger partial charge >= 0.3 is 12.0 Å². The second kappa shape index (κ2) is 8.38. The highest BCUT2D eigenvalue weighted by molar-refractivity contribution is 7.16. The van der Waals surface area contributed by atoms with E-state index < -0.39 is 35.9 Å². The van der Waals surface area contributed by atoms with E-state index in [9.17, 15) is 19.2 Å². The van der Waals surface area contributed by atoms with E-state index in [1.54, 1.807) is 38.1 Å². The number of carbonyl (C=O) groups excluding carboxylic acids is 4. The predicted molar refractivity (Wildman–Crippen MR) is 114 cm³/mol. The van der Waals surface area contributed by atoms with Crippen LogP contribution in [0, 0.1) is 13.8 Å². The first kappa shape index (κ1) is 22.3. The molecule has 1 fully saturated rings. The predicted octanol–water partition coefficient (Wildman–Crippen LogP) is 2.57. The van der Waals surface area contributed by atoms with Crippen molar-refractivity contribution in [1.82, 2.24) is 10.2 Å². The monoisotopic (exact) mass is 445 g/mol. The number of hydrogen-bond donors (Lipinski definition) is 2. The van der Waals surface area contributed by atoms with Crippen LogP contribution in [0.2, 0.25) is 0 Å². The van der Waals surface area contributed by atoms with Crippen molar-refractivity contribution in [3.63, 3.8) is 0 Å². The van der Waals surface area contributed by atoms with Crippen LogP contribution >= 0.6 is 11.3 Å². The van der Waals surface area contributed by atoms with Gasteiger partial charge in [-0.1, -0.05) is 12.1 Å². The van der Waals surface area contributed by atoms with Gasteiger partial charge in [-0.05, 0) is 44.0 Å². The van der Waals surface area contributed by atoms with Crippen LogP contribution in [-0.4, -0.2) is 49.5 Å². The molecule has 2 aromatic rings. The van der Waals surface area contributed by atoms with E-state index in [4.69, 9.17) is 9.47 Å². The molecule has 3 rings (SSSR count). The van der Waals surface area contributed by atoms with Gasteiger partial charge in [0.25, 0.3) is 5.91 Å². The van der Waals surface area contributed by atoms with Crippen LogP contribution in [0.1, 0.15) is 33.3 Å². The number of methoxy groups -OCH3 is 2. The molecule has 0 spiro atoms. The fraction of sp³-hybridized carbons (Fsp3) is 0.333. The lowest BCUT2D eigenvalue weighted by atomic mass is 9.92. The van der Waals surface area contributed by atoms with E-state index in [0.29, 0.717) is 21.9 Å². The summed E-state index contributed by atoms with van der Waals surface area (Å²) in [5.41, 5.74) is 0.219. The number of thiophene rings is 1. The Morgan fingerprint density at radius 3 is 2.39 bits per heavy atom. The van der Waals surface area contributed by atoms with Gasteiger partial charge in [-0.3, -0.25) is 14.5 Å². The van der Waals surface area contributed by atoms with E-state index in [-0.39, 0.29) is 5.56 Å². The average Bonchev–Trinajstić information content (AvgIpc) is 3.14. The Morgan fingerprint density at radius 2 is 1.81 bits per heavy atom. The Morgan fingerprint density at radius 1 is 1.16 bits per heavy atom. The third kappa shape index (κ3) is 3.98. The number of rotatable bonds is 6. The van der Waals surface area contributed by atoms with E-state index >= 15 is 0 Å². The standard InChI is InChI=1S/C21H23N3O6S/c1-11-12(2)31-17(16(11)18(26)30-5)22-15(25)10-24-19(27)21(3,23-20(24)28)13-6-8-14(29-4)9-7-13/h6-9H,10H2,1-5H3,(H,22,25)(H,23,28)/t21-/m0/s1. The SMILES string of the molecule is COC(=O)c1c(NC(=O)CN2C(=O)N[C@@](C)(c3ccc(OC)cc3)C2=O)sc(C)c1C. The molecule has 0 unspecified atom stereocenters. The lowest BCUT2D eigenvalue weighted by Gasteiger charge is -2.22. The van der Waals surface area contributed by atoms with E-state index in [2.05, 4.69) is 10.6 Å². The van der Waals surface area contributed by atoms with Crippen LogP contribution in [0.5, 0.6) is 5.75 Å². The number of nitrogens with zero attached hydrogens (tertiary/aromatic N) is 1. The molecule has 1 aliphatic rings. The third-order valence-corrected chi connectivity index (χ3v) is 6.39. The maximum Gasteiger partial charge on any atom is 0.341 e. The normalized spacial score (nSPS) is 18.0. The summed E-state index contributed by atoms with van der Waals surface area (Å²) in [5, 5.41) is 5.59. The van der Waals surface area contributed by atoms with Gasteiger partial charge in [-0.25, -0.2) is 9.59 Å². The Kier molecular flexibility index (Phi) is 6.03. The van der Waals surface area contributed by atoms with Gasteiger partial charge in [0.2, 0.25) is 5.91 Å². The molecule has 0 bridgehead atoms. The van der Waals surface area contributed by atoms with Crippen molar-refractivity contribution in [2.45, 2.75) is 26.3 Å². The first-order chi connectivity index (χ1) is 14.6. The average molecular weight is 445 g/mol. The summed E-state index contributed by atoms with van der Waals surface area (Å²) >= 11 is 1.22. The smallest absolute Gasteiger partial charge is 0.341 e. The van der Waals surface area contributed by atoms with Gasteiger partial charge in [0.15, 0.2) is 0 Å². The summed E-state index contributed by atoms with van der Waals surface area (Å²) in [5.74, 6) is -1.11. The Hall–Kier alpha value is -3.40. The minimum Gasteiger partial charge on any atom is -0.497 e. The van der Waals surface area contributed by atoms with E-state index in [0.717, 1.165) is 9.78 Å². The molecule has 0 aliphatic carbocycles. The number of esters is 1. The van der Waals surface area contributed by atoms with Gasteiger partial charge in [0, 0.05) is 4.88 Å². The van der Waals surface area contributed by atoms with E-state index in [1.807, 2.05) is 6.92 Å². The summed E-state index contributed by atoms with van der Waals surface area (Å²) in [7, 11) is 2.79. The summed E-state index contributed by atoms with van der Waals surface area (Å²) < 4.78 is 9.91. The van der Waals surface area contributed by atoms with Gasteiger partial charge in [0.05, 0.1) is 19.8 Å². The number of ether oxygens (including phenoxy) is 2. The second-order valence-electron chi connectivity index (χ2n) is 7.20. The van der Waals surface area contributed by atoms with Crippen LogP contribution in [0.15, 0.2) is 24.3 Å². The molecule has 31 heavy (non-hydrogen) atoms. The Labute approximate surface area is 183 Å². The highest BCUT2D eigenvalue weighted by Gasteiger charge is 2.49. The zero-order valence-corrected chi connectivity index (χ0v) is 18.6. The molecule has 1 saturated heterocycles. The maximum absolute atomic E-state index is 13.0. The summed E-state index contributed by atoms with van der Waals surface area (Å²) in [6.45, 7) is 4.66. The number of aryl methyl sites for hydroxylation is 1. The number of anilines is 1. The molecule has 1 aromatic heterocycles. The van der Waals surface area contributed by atoms with Gasteiger partial charge in [-0.15, -0.1) is 11.3 Å². The fourth-order valence-electron chi connectivity index (χ4n) is 3.33. The van der Waals surface area contributed by atoms with Gasteiger partial charge in [0.1, 0.15) is 22.8 Å². The van der Waals surface area contributed by atoms with Crippen molar-refractivity contribution in [2.75, 3.05) is 26.1 Å². The minimum atomic E-state index is -1.31. The molecular weight excluding hydrogens is 422 g/mol. The lowest BCUT2D eigenvalue weighted by molar-refractivity contribution is -0.133. The molecule has 0 saturated carbocycles.